The average Bonchev–Trinajstić information content (AvgIpc) is 2.56. The molecule has 0 spiro atoms. The number of aromatic hydroxyl groups is 1. The molecule has 0 aliphatic rings. The van der Waals surface area contributed by atoms with E-state index in [-0.39, 0.29) is 5.88 Å². The van der Waals surface area contributed by atoms with E-state index in [4.69, 9.17) is 5.11 Å². The summed E-state index contributed by atoms with van der Waals surface area (Å²) in [7, 11) is 0. The van der Waals surface area contributed by atoms with E-state index in [2.05, 4.69) is 10.1 Å². The molecular formula is C8H7N3O. The van der Waals surface area contributed by atoms with Gasteiger partial charge in [0.25, 0.3) is 0 Å². The standard InChI is InChI=1S/C8H7N3O/c12-8-4-1-3-7(10-8)11-6-2-5-9-11/h1-6H,(H,10,12). The van der Waals surface area contributed by atoms with Crippen LogP contribution in [0.2, 0.25) is 0 Å². The predicted octanol–water partition coefficient (Wildman–Crippen LogP) is 0.973. The van der Waals surface area contributed by atoms with Crippen molar-refractivity contribution in [1.82, 2.24) is 14.8 Å². The van der Waals surface area contributed by atoms with Crippen LogP contribution in [0.5, 0.6) is 5.88 Å². The van der Waals surface area contributed by atoms with E-state index < -0.39 is 0 Å². The third-order valence-electron chi connectivity index (χ3n) is 1.46. The highest BCUT2D eigenvalue weighted by atomic mass is 16.3. The molecule has 0 saturated heterocycles. The summed E-state index contributed by atoms with van der Waals surface area (Å²) in [6.07, 6.45) is 3.42. The smallest absolute Gasteiger partial charge is 0.212 e. The summed E-state index contributed by atoms with van der Waals surface area (Å²) >= 11 is 0. The molecule has 0 saturated carbocycles. The summed E-state index contributed by atoms with van der Waals surface area (Å²) in [5.41, 5.74) is 0. The second-order valence-corrected chi connectivity index (χ2v) is 2.30. The van der Waals surface area contributed by atoms with Crippen LogP contribution >= 0.6 is 0 Å². The van der Waals surface area contributed by atoms with Crippen molar-refractivity contribution < 1.29 is 5.11 Å². The summed E-state index contributed by atoms with van der Waals surface area (Å²) < 4.78 is 1.58. The first-order valence-electron chi connectivity index (χ1n) is 3.52. The fraction of sp³-hybridized carbons (Fsp3) is 0. The van der Waals surface area contributed by atoms with Crippen molar-refractivity contribution >= 4 is 0 Å². The van der Waals surface area contributed by atoms with Crippen molar-refractivity contribution in [3.8, 4) is 11.7 Å². The summed E-state index contributed by atoms with van der Waals surface area (Å²) in [6.45, 7) is 0. The maximum absolute atomic E-state index is 9.06. The molecule has 2 aromatic heterocycles. The lowest BCUT2D eigenvalue weighted by atomic mass is 10.4. The van der Waals surface area contributed by atoms with Gasteiger partial charge in [-0.05, 0) is 12.1 Å². The van der Waals surface area contributed by atoms with Crippen LogP contribution in [0.3, 0.4) is 0 Å². The topological polar surface area (TPSA) is 50.9 Å². The summed E-state index contributed by atoms with van der Waals surface area (Å²) in [5, 5.41) is 13.0. The number of nitrogens with zero attached hydrogens (tertiary/aromatic N) is 3. The molecule has 0 atom stereocenters. The zero-order chi connectivity index (χ0) is 8.39. The first-order valence-corrected chi connectivity index (χ1v) is 3.52. The minimum Gasteiger partial charge on any atom is -0.493 e. The summed E-state index contributed by atoms with van der Waals surface area (Å²) in [5.74, 6) is 0.614. The van der Waals surface area contributed by atoms with E-state index in [9.17, 15) is 0 Å². The molecule has 0 bridgehead atoms. The zero-order valence-electron chi connectivity index (χ0n) is 6.25. The zero-order valence-corrected chi connectivity index (χ0v) is 6.25. The molecule has 0 radical (unpaired) electrons. The van der Waals surface area contributed by atoms with Crippen LogP contribution in [0.25, 0.3) is 5.82 Å². The van der Waals surface area contributed by atoms with Crippen LogP contribution < -0.4 is 0 Å². The Hall–Kier alpha value is -1.84. The van der Waals surface area contributed by atoms with Gasteiger partial charge in [0.15, 0.2) is 5.82 Å². The molecule has 0 fully saturated rings. The molecule has 4 heteroatoms. The normalized spacial score (nSPS) is 10.0. The quantitative estimate of drug-likeness (QED) is 0.678. The van der Waals surface area contributed by atoms with Crippen molar-refractivity contribution in [2.75, 3.05) is 0 Å². The van der Waals surface area contributed by atoms with Crippen molar-refractivity contribution in [1.29, 1.82) is 0 Å². The molecule has 0 aliphatic carbocycles. The van der Waals surface area contributed by atoms with Crippen LogP contribution in [-0.4, -0.2) is 19.9 Å². The molecule has 1 N–H and O–H groups in total. The maximum atomic E-state index is 9.06. The molecule has 0 aliphatic heterocycles. The number of aromatic nitrogens is 3. The lowest BCUT2D eigenvalue weighted by molar-refractivity contribution is 0.452. The Morgan fingerprint density at radius 2 is 2.17 bits per heavy atom. The molecular weight excluding hydrogens is 154 g/mol. The molecule has 4 nitrogen and oxygen atoms in total. The minimum atomic E-state index is 0.00278. The average molecular weight is 161 g/mol. The molecule has 0 aromatic carbocycles. The van der Waals surface area contributed by atoms with Gasteiger partial charge < -0.3 is 5.11 Å². The SMILES string of the molecule is Oc1cccc(-n2cccn2)n1. The second kappa shape index (κ2) is 2.65. The van der Waals surface area contributed by atoms with Gasteiger partial charge in [-0.1, -0.05) is 6.07 Å². The van der Waals surface area contributed by atoms with Crippen LogP contribution in [0.4, 0.5) is 0 Å². The third-order valence-corrected chi connectivity index (χ3v) is 1.46. The van der Waals surface area contributed by atoms with Gasteiger partial charge in [-0.2, -0.15) is 10.1 Å². The predicted molar refractivity (Wildman–Crippen MR) is 43.0 cm³/mol. The summed E-state index contributed by atoms with van der Waals surface area (Å²) in [4.78, 5) is 3.87. The van der Waals surface area contributed by atoms with Gasteiger partial charge >= 0.3 is 0 Å². The lowest BCUT2D eigenvalue weighted by Gasteiger charge is -1.98. The Kier molecular flexibility index (Phi) is 1.51. The van der Waals surface area contributed by atoms with Crippen LogP contribution in [0.1, 0.15) is 0 Å². The van der Waals surface area contributed by atoms with E-state index in [1.807, 2.05) is 0 Å². The van der Waals surface area contributed by atoms with E-state index in [0.29, 0.717) is 5.82 Å². The molecule has 12 heavy (non-hydrogen) atoms. The van der Waals surface area contributed by atoms with Gasteiger partial charge in [-0.25, -0.2) is 4.68 Å². The Morgan fingerprint density at radius 3 is 2.83 bits per heavy atom. The van der Waals surface area contributed by atoms with Gasteiger partial charge in [0, 0.05) is 18.5 Å². The van der Waals surface area contributed by atoms with Crippen molar-refractivity contribution in [2.24, 2.45) is 0 Å². The van der Waals surface area contributed by atoms with Crippen LogP contribution in [-0.2, 0) is 0 Å². The van der Waals surface area contributed by atoms with E-state index >= 15 is 0 Å². The molecule has 60 valence electrons. The summed E-state index contributed by atoms with van der Waals surface area (Å²) in [6, 6.07) is 6.81. The Balaban J connectivity index is 2.48. The fourth-order valence-corrected chi connectivity index (χ4v) is 0.944. The number of rotatable bonds is 1. The van der Waals surface area contributed by atoms with Gasteiger partial charge in [-0.3, -0.25) is 0 Å². The minimum absolute atomic E-state index is 0.00278. The largest absolute Gasteiger partial charge is 0.493 e. The lowest BCUT2D eigenvalue weighted by Crippen LogP contribution is -1.96. The number of pyridine rings is 1. The van der Waals surface area contributed by atoms with E-state index in [0.717, 1.165) is 0 Å². The van der Waals surface area contributed by atoms with E-state index in [1.54, 1.807) is 35.3 Å². The third kappa shape index (κ3) is 1.14. The highest BCUT2D eigenvalue weighted by Gasteiger charge is 1.96. The first-order chi connectivity index (χ1) is 5.86. The van der Waals surface area contributed by atoms with E-state index in [1.165, 1.54) is 6.07 Å². The first kappa shape index (κ1) is 6.84. The van der Waals surface area contributed by atoms with Gasteiger partial charge in [0.1, 0.15) is 0 Å². The fourth-order valence-electron chi connectivity index (χ4n) is 0.944. The van der Waals surface area contributed by atoms with Gasteiger partial charge in [0.2, 0.25) is 5.88 Å². The molecule has 2 heterocycles. The second-order valence-electron chi connectivity index (χ2n) is 2.30. The highest BCUT2D eigenvalue weighted by molar-refractivity contribution is 5.25. The highest BCUT2D eigenvalue weighted by Crippen LogP contribution is 2.07. The number of hydrogen-bond donors (Lipinski definition) is 1. The Morgan fingerprint density at radius 1 is 1.25 bits per heavy atom. The van der Waals surface area contributed by atoms with Crippen LogP contribution in [0.15, 0.2) is 36.7 Å². The van der Waals surface area contributed by atoms with Gasteiger partial charge in [0.05, 0.1) is 0 Å². The van der Waals surface area contributed by atoms with Crippen LogP contribution in [0, 0.1) is 0 Å². The molecule has 2 aromatic rings. The molecule has 0 unspecified atom stereocenters. The molecule has 2 rings (SSSR count). The Labute approximate surface area is 69.1 Å². The number of hydrogen-bond acceptors (Lipinski definition) is 3. The molecule has 0 amide bonds. The maximum Gasteiger partial charge on any atom is 0.212 e. The monoisotopic (exact) mass is 161 g/mol. The van der Waals surface area contributed by atoms with Gasteiger partial charge in [-0.15, -0.1) is 0 Å². The Bertz CT molecular complexity index is 370. The van der Waals surface area contributed by atoms with Crippen molar-refractivity contribution in [3.63, 3.8) is 0 Å². The van der Waals surface area contributed by atoms with Crippen molar-refractivity contribution in [3.05, 3.63) is 36.7 Å². The van der Waals surface area contributed by atoms with Crippen molar-refractivity contribution in [2.45, 2.75) is 0 Å².